The van der Waals surface area contributed by atoms with Gasteiger partial charge in [0.1, 0.15) is 5.75 Å². The molecule has 19 heavy (non-hydrogen) atoms. The van der Waals surface area contributed by atoms with Crippen LogP contribution in [0, 0.1) is 13.8 Å². The molecular weight excluding hydrogens is 240 g/mol. The third-order valence-electron chi connectivity index (χ3n) is 4.15. The molecule has 4 nitrogen and oxygen atoms in total. The molecule has 0 amide bonds. The Morgan fingerprint density at radius 3 is 2.58 bits per heavy atom. The van der Waals surface area contributed by atoms with Crippen LogP contribution in [-0.4, -0.2) is 24.2 Å². The van der Waals surface area contributed by atoms with Crippen molar-refractivity contribution in [2.75, 3.05) is 13.7 Å². The topological polar surface area (TPSA) is 57.4 Å². The predicted octanol–water partition coefficient (Wildman–Crippen LogP) is 2.50. The first-order valence-electron chi connectivity index (χ1n) is 6.95. The molecule has 1 aliphatic rings. The van der Waals surface area contributed by atoms with Crippen LogP contribution in [0.25, 0.3) is 0 Å². The molecule has 4 heteroatoms. The number of aromatic nitrogens is 1. The second-order valence-electron chi connectivity index (χ2n) is 5.43. The minimum Gasteiger partial charge on any atom is -0.496 e. The van der Waals surface area contributed by atoms with Gasteiger partial charge in [0, 0.05) is 23.9 Å². The maximum absolute atomic E-state index is 6.10. The van der Waals surface area contributed by atoms with Crippen LogP contribution in [0.1, 0.15) is 42.5 Å². The van der Waals surface area contributed by atoms with Gasteiger partial charge >= 0.3 is 0 Å². The molecule has 2 rings (SSSR count). The molecule has 0 atom stereocenters. The Kier molecular flexibility index (Phi) is 4.42. The fraction of sp³-hybridized carbons (Fsp3) is 0.667. The summed E-state index contributed by atoms with van der Waals surface area (Å²) in [5.74, 6) is 0.904. The maximum atomic E-state index is 6.10. The van der Waals surface area contributed by atoms with E-state index in [0.29, 0.717) is 13.2 Å². The molecule has 1 fully saturated rings. The number of rotatable bonds is 5. The number of nitrogens with two attached hydrogens (primary N) is 1. The first kappa shape index (κ1) is 14.3. The average molecular weight is 264 g/mol. The summed E-state index contributed by atoms with van der Waals surface area (Å²) in [5.41, 5.74) is 8.81. The van der Waals surface area contributed by atoms with Gasteiger partial charge in [-0.2, -0.15) is 0 Å². The highest BCUT2D eigenvalue weighted by Crippen LogP contribution is 2.33. The van der Waals surface area contributed by atoms with Crippen molar-refractivity contribution in [3.63, 3.8) is 0 Å². The lowest BCUT2D eigenvalue weighted by atomic mass is 10.0. The van der Waals surface area contributed by atoms with Crippen molar-refractivity contribution in [1.82, 2.24) is 4.98 Å². The van der Waals surface area contributed by atoms with E-state index in [-0.39, 0.29) is 5.60 Å². The Morgan fingerprint density at radius 1 is 1.32 bits per heavy atom. The zero-order valence-electron chi connectivity index (χ0n) is 12.2. The van der Waals surface area contributed by atoms with E-state index in [1.807, 2.05) is 20.0 Å². The Balaban J connectivity index is 2.11. The van der Waals surface area contributed by atoms with Crippen molar-refractivity contribution in [2.24, 2.45) is 5.73 Å². The lowest BCUT2D eigenvalue weighted by Gasteiger charge is -2.28. The molecule has 0 aliphatic heterocycles. The number of hydrogen-bond donors (Lipinski definition) is 1. The van der Waals surface area contributed by atoms with Gasteiger partial charge in [0.25, 0.3) is 0 Å². The lowest BCUT2D eigenvalue weighted by Crippen LogP contribution is -2.37. The van der Waals surface area contributed by atoms with Gasteiger partial charge in [-0.05, 0) is 26.7 Å². The minimum atomic E-state index is -0.133. The summed E-state index contributed by atoms with van der Waals surface area (Å²) in [5, 5.41) is 0. The molecule has 1 aromatic rings. The van der Waals surface area contributed by atoms with E-state index in [1.165, 1.54) is 12.8 Å². The fourth-order valence-electron chi connectivity index (χ4n) is 2.86. The molecular formula is C15H24N2O2. The molecule has 106 valence electrons. The third kappa shape index (κ3) is 2.90. The minimum absolute atomic E-state index is 0.133. The molecule has 0 saturated heterocycles. The van der Waals surface area contributed by atoms with E-state index in [0.717, 1.165) is 35.4 Å². The molecule has 0 unspecified atom stereocenters. The SMILES string of the molecule is COc1c(C)cnc(COC2(CN)CCCC2)c1C. The van der Waals surface area contributed by atoms with E-state index >= 15 is 0 Å². The summed E-state index contributed by atoms with van der Waals surface area (Å²) in [6, 6.07) is 0. The molecule has 1 aliphatic carbocycles. The fourth-order valence-corrected chi connectivity index (χ4v) is 2.86. The molecule has 1 heterocycles. The van der Waals surface area contributed by atoms with Crippen molar-refractivity contribution < 1.29 is 9.47 Å². The van der Waals surface area contributed by atoms with Gasteiger partial charge in [-0.15, -0.1) is 0 Å². The zero-order valence-corrected chi connectivity index (χ0v) is 12.2. The van der Waals surface area contributed by atoms with Crippen LogP contribution in [0.4, 0.5) is 0 Å². The number of aryl methyl sites for hydroxylation is 1. The van der Waals surface area contributed by atoms with E-state index in [4.69, 9.17) is 15.2 Å². The van der Waals surface area contributed by atoms with Crippen molar-refractivity contribution in [1.29, 1.82) is 0 Å². The lowest BCUT2D eigenvalue weighted by molar-refractivity contribution is -0.0464. The Hall–Kier alpha value is -1.13. The Labute approximate surface area is 115 Å². The summed E-state index contributed by atoms with van der Waals surface area (Å²) in [6.07, 6.45) is 6.38. The summed E-state index contributed by atoms with van der Waals surface area (Å²) in [4.78, 5) is 4.47. The number of nitrogens with zero attached hydrogens (tertiary/aromatic N) is 1. The van der Waals surface area contributed by atoms with Crippen LogP contribution in [0.15, 0.2) is 6.20 Å². The summed E-state index contributed by atoms with van der Waals surface area (Å²) >= 11 is 0. The molecule has 0 radical (unpaired) electrons. The molecule has 0 aromatic carbocycles. The smallest absolute Gasteiger partial charge is 0.128 e. The average Bonchev–Trinajstić information content (AvgIpc) is 2.88. The molecule has 0 bridgehead atoms. The highest BCUT2D eigenvalue weighted by atomic mass is 16.5. The van der Waals surface area contributed by atoms with Crippen LogP contribution in [0.2, 0.25) is 0 Å². The third-order valence-corrected chi connectivity index (χ3v) is 4.15. The number of methoxy groups -OCH3 is 1. The quantitative estimate of drug-likeness (QED) is 0.887. The Bertz CT molecular complexity index is 440. The summed E-state index contributed by atoms with van der Waals surface area (Å²) in [7, 11) is 1.69. The van der Waals surface area contributed by atoms with E-state index in [1.54, 1.807) is 7.11 Å². The second-order valence-corrected chi connectivity index (χ2v) is 5.43. The van der Waals surface area contributed by atoms with E-state index in [9.17, 15) is 0 Å². The highest BCUT2D eigenvalue weighted by Gasteiger charge is 2.33. The van der Waals surface area contributed by atoms with Gasteiger partial charge < -0.3 is 15.2 Å². The maximum Gasteiger partial charge on any atom is 0.128 e. The standard InChI is InChI=1S/C15H24N2O2/c1-11-8-17-13(12(2)14(11)18-3)9-19-15(10-16)6-4-5-7-15/h8H,4-7,9-10,16H2,1-3H3. The van der Waals surface area contributed by atoms with Crippen LogP contribution >= 0.6 is 0 Å². The first-order chi connectivity index (χ1) is 9.12. The van der Waals surface area contributed by atoms with Gasteiger partial charge in [0.15, 0.2) is 0 Å². The zero-order chi connectivity index (χ0) is 13.9. The molecule has 2 N–H and O–H groups in total. The van der Waals surface area contributed by atoms with E-state index < -0.39 is 0 Å². The van der Waals surface area contributed by atoms with Crippen LogP contribution < -0.4 is 10.5 Å². The van der Waals surface area contributed by atoms with Crippen LogP contribution in [-0.2, 0) is 11.3 Å². The van der Waals surface area contributed by atoms with Crippen molar-refractivity contribution in [3.8, 4) is 5.75 Å². The van der Waals surface area contributed by atoms with Gasteiger partial charge in [-0.3, -0.25) is 4.98 Å². The summed E-state index contributed by atoms with van der Waals surface area (Å²) in [6.45, 7) is 5.14. The number of hydrogen-bond acceptors (Lipinski definition) is 4. The number of pyridine rings is 1. The van der Waals surface area contributed by atoms with Gasteiger partial charge in [0.2, 0.25) is 0 Å². The van der Waals surface area contributed by atoms with Crippen molar-refractivity contribution in [3.05, 3.63) is 23.0 Å². The second kappa shape index (κ2) is 5.88. The summed E-state index contributed by atoms with van der Waals surface area (Å²) < 4.78 is 11.5. The van der Waals surface area contributed by atoms with E-state index in [2.05, 4.69) is 4.98 Å². The predicted molar refractivity (Wildman–Crippen MR) is 75.3 cm³/mol. The monoisotopic (exact) mass is 264 g/mol. The largest absolute Gasteiger partial charge is 0.496 e. The van der Waals surface area contributed by atoms with Gasteiger partial charge in [-0.1, -0.05) is 12.8 Å². The highest BCUT2D eigenvalue weighted by molar-refractivity contribution is 5.40. The molecule has 1 saturated carbocycles. The van der Waals surface area contributed by atoms with Crippen LogP contribution in [0.3, 0.4) is 0 Å². The number of ether oxygens (including phenoxy) is 2. The van der Waals surface area contributed by atoms with Gasteiger partial charge in [0.05, 0.1) is 25.0 Å². The Morgan fingerprint density at radius 2 is 2.00 bits per heavy atom. The first-order valence-corrected chi connectivity index (χ1v) is 6.95. The molecule has 0 spiro atoms. The van der Waals surface area contributed by atoms with Gasteiger partial charge in [-0.25, -0.2) is 0 Å². The van der Waals surface area contributed by atoms with Crippen molar-refractivity contribution >= 4 is 0 Å². The van der Waals surface area contributed by atoms with Crippen LogP contribution in [0.5, 0.6) is 5.75 Å². The van der Waals surface area contributed by atoms with Crippen molar-refractivity contribution in [2.45, 2.75) is 51.7 Å². The molecule has 1 aromatic heterocycles. The normalized spacial score (nSPS) is 17.7.